The van der Waals surface area contributed by atoms with Crippen molar-refractivity contribution in [3.05, 3.63) is 53.2 Å². The fourth-order valence-electron chi connectivity index (χ4n) is 3.55. The van der Waals surface area contributed by atoms with Crippen LogP contribution in [-0.4, -0.2) is 39.2 Å². The zero-order valence-corrected chi connectivity index (χ0v) is 15.5. The predicted octanol–water partition coefficient (Wildman–Crippen LogP) is 3.29. The fourth-order valence-corrected chi connectivity index (χ4v) is 3.55. The first-order valence-corrected chi connectivity index (χ1v) is 9.20. The highest BCUT2D eigenvalue weighted by molar-refractivity contribution is 5.77. The molecule has 1 amide bonds. The number of aromatic nitrogens is 3. The number of carbonyl (C=O) groups excluding carboxylic acids is 1. The van der Waals surface area contributed by atoms with Crippen LogP contribution in [-0.2, 0) is 11.2 Å². The van der Waals surface area contributed by atoms with Gasteiger partial charge >= 0.3 is 0 Å². The van der Waals surface area contributed by atoms with E-state index in [1.54, 1.807) is 0 Å². The van der Waals surface area contributed by atoms with Crippen molar-refractivity contribution >= 4 is 5.91 Å². The third kappa shape index (κ3) is 3.63. The number of benzene rings is 1. The highest BCUT2D eigenvalue weighted by Gasteiger charge is 2.30. The van der Waals surface area contributed by atoms with Crippen molar-refractivity contribution in [1.82, 2.24) is 20.2 Å². The third-order valence-corrected chi connectivity index (χ3v) is 5.14. The van der Waals surface area contributed by atoms with Crippen LogP contribution in [0.5, 0.6) is 0 Å². The molecule has 140 valence electrons. The smallest absolute Gasteiger partial charge is 0.257 e. The van der Waals surface area contributed by atoms with Gasteiger partial charge in [0.15, 0.2) is 5.82 Å². The first kappa shape index (κ1) is 17.5. The Balaban J connectivity index is 1.36. The Morgan fingerprint density at radius 3 is 2.74 bits per heavy atom. The molecule has 1 saturated heterocycles. The number of aryl methyl sites for hydroxylation is 2. The largest absolute Gasteiger partial charge is 0.361 e. The van der Waals surface area contributed by atoms with Crippen LogP contribution < -0.4 is 0 Å². The molecule has 0 radical (unpaired) electrons. The topological polar surface area (TPSA) is 85.3 Å². The second-order valence-electron chi connectivity index (χ2n) is 6.95. The summed E-state index contributed by atoms with van der Waals surface area (Å²) in [6.07, 6.45) is 1.96. The van der Waals surface area contributed by atoms with Gasteiger partial charge in [-0.1, -0.05) is 28.5 Å². The Kier molecular flexibility index (Phi) is 4.75. The summed E-state index contributed by atoms with van der Waals surface area (Å²) in [6.45, 7) is 5.14. The second-order valence-corrected chi connectivity index (χ2v) is 6.95. The number of likely N-dealkylation sites (tertiary alicyclic amines) is 1. The zero-order valence-electron chi connectivity index (χ0n) is 15.5. The quantitative estimate of drug-likeness (QED) is 0.689. The van der Waals surface area contributed by atoms with Crippen LogP contribution in [0.3, 0.4) is 0 Å². The van der Waals surface area contributed by atoms with Crippen molar-refractivity contribution in [2.24, 2.45) is 0 Å². The zero-order chi connectivity index (χ0) is 18.8. The molecule has 1 aromatic carbocycles. The van der Waals surface area contributed by atoms with Crippen LogP contribution in [0.15, 0.2) is 39.4 Å². The second kappa shape index (κ2) is 7.34. The Labute approximate surface area is 157 Å². The molecule has 2 aromatic heterocycles. The molecule has 3 aromatic rings. The molecule has 1 atom stereocenters. The number of carbonyl (C=O) groups is 1. The molecular formula is C20H22N4O3. The first-order chi connectivity index (χ1) is 13.1. The molecule has 0 aliphatic carbocycles. The van der Waals surface area contributed by atoms with Crippen molar-refractivity contribution in [3.8, 4) is 11.5 Å². The maximum absolute atomic E-state index is 12.6. The van der Waals surface area contributed by atoms with E-state index in [0.29, 0.717) is 31.1 Å². The molecule has 0 saturated carbocycles. The molecule has 7 heteroatoms. The number of hydrogen-bond donors (Lipinski definition) is 0. The predicted molar refractivity (Wildman–Crippen MR) is 98.0 cm³/mol. The number of hydrogen-bond acceptors (Lipinski definition) is 6. The van der Waals surface area contributed by atoms with E-state index in [2.05, 4.69) is 15.3 Å². The van der Waals surface area contributed by atoms with Gasteiger partial charge in [0, 0.05) is 36.6 Å². The summed E-state index contributed by atoms with van der Waals surface area (Å²) in [7, 11) is 0. The van der Waals surface area contributed by atoms with E-state index < -0.39 is 0 Å². The van der Waals surface area contributed by atoms with Crippen molar-refractivity contribution in [2.45, 2.75) is 39.0 Å². The van der Waals surface area contributed by atoms with Gasteiger partial charge in [0.2, 0.25) is 5.91 Å². The lowest BCUT2D eigenvalue weighted by Crippen LogP contribution is -2.28. The summed E-state index contributed by atoms with van der Waals surface area (Å²) < 4.78 is 10.6. The van der Waals surface area contributed by atoms with Crippen LogP contribution in [0.2, 0.25) is 0 Å². The van der Waals surface area contributed by atoms with Gasteiger partial charge in [-0.3, -0.25) is 4.79 Å². The standard InChI is InChI=1S/C20H22N4O3/c1-13-17(14(2)26-22-13)8-9-18(25)24-11-10-16(12-24)19-21-20(27-23-19)15-6-4-3-5-7-15/h3-7,16H,8-12H2,1-2H3/t16-/m1/s1. The van der Waals surface area contributed by atoms with Gasteiger partial charge in [0.25, 0.3) is 5.89 Å². The molecule has 27 heavy (non-hydrogen) atoms. The van der Waals surface area contributed by atoms with E-state index in [1.165, 1.54) is 0 Å². The summed E-state index contributed by atoms with van der Waals surface area (Å²) in [6, 6.07) is 9.71. The van der Waals surface area contributed by atoms with E-state index in [0.717, 1.165) is 35.5 Å². The highest BCUT2D eigenvalue weighted by atomic mass is 16.5. The van der Waals surface area contributed by atoms with Crippen LogP contribution in [0.1, 0.15) is 41.6 Å². The molecule has 0 N–H and O–H groups in total. The van der Waals surface area contributed by atoms with Gasteiger partial charge in [0.05, 0.1) is 5.69 Å². The minimum absolute atomic E-state index is 0.120. The fraction of sp³-hybridized carbons (Fsp3) is 0.400. The lowest BCUT2D eigenvalue weighted by Gasteiger charge is -2.15. The van der Waals surface area contributed by atoms with Crippen molar-refractivity contribution in [3.63, 3.8) is 0 Å². The van der Waals surface area contributed by atoms with Crippen molar-refractivity contribution < 1.29 is 13.8 Å². The van der Waals surface area contributed by atoms with Crippen LogP contribution in [0.25, 0.3) is 11.5 Å². The lowest BCUT2D eigenvalue weighted by molar-refractivity contribution is -0.130. The molecule has 1 aliphatic heterocycles. The minimum Gasteiger partial charge on any atom is -0.361 e. The Bertz CT molecular complexity index is 912. The molecule has 3 heterocycles. The van der Waals surface area contributed by atoms with Crippen molar-refractivity contribution in [2.75, 3.05) is 13.1 Å². The van der Waals surface area contributed by atoms with Gasteiger partial charge in [0.1, 0.15) is 5.76 Å². The summed E-state index contributed by atoms with van der Waals surface area (Å²) in [4.78, 5) is 19.0. The van der Waals surface area contributed by atoms with E-state index in [4.69, 9.17) is 9.05 Å². The van der Waals surface area contributed by atoms with Gasteiger partial charge in [-0.25, -0.2) is 0 Å². The third-order valence-electron chi connectivity index (χ3n) is 5.14. The van der Waals surface area contributed by atoms with E-state index in [1.807, 2.05) is 49.1 Å². The summed E-state index contributed by atoms with van der Waals surface area (Å²) in [5.74, 6) is 2.25. The molecule has 4 rings (SSSR count). The van der Waals surface area contributed by atoms with Gasteiger partial charge in [-0.2, -0.15) is 4.98 Å². The Hall–Kier alpha value is -2.96. The summed E-state index contributed by atoms with van der Waals surface area (Å²) >= 11 is 0. The Morgan fingerprint density at radius 1 is 1.19 bits per heavy atom. The average molecular weight is 366 g/mol. The van der Waals surface area contributed by atoms with Crippen LogP contribution in [0, 0.1) is 13.8 Å². The summed E-state index contributed by atoms with van der Waals surface area (Å²) in [5, 5.41) is 8.08. The number of rotatable bonds is 5. The maximum atomic E-state index is 12.6. The van der Waals surface area contributed by atoms with Crippen LogP contribution in [0.4, 0.5) is 0 Å². The normalized spacial score (nSPS) is 16.8. The maximum Gasteiger partial charge on any atom is 0.257 e. The molecule has 1 aliphatic rings. The van der Waals surface area contributed by atoms with E-state index >= 15 is 0 Å². The van der Waals surface area contributed by atoms with Gasteiger partial charge < -0.3 is 13.9 Å². The average Bonchev–Trinajstić information content (AvgIpc) is 3.41. The van der Waals surface area contributed by atoms with Crippen molar-refractivity contribution in [1.29, 1.82) is 0 Å². The monoisotopic (exact) mass is 366 g/mol. The summed E-state index contributed by atoms with van der Waals surface area (Å²) in [5.41, 5.74) is 2.80. The highest BCUT2D eigenvalue weighted by Crippen LogP contribution is 2.28. The number of amides is 1. The molecule has 0 spiro atoms. The lowest BCUT2D eigenvalue weighted by atomic mass is 10.1. The van der Waals surface area contributed by atoms with Gasteiger partial charge in [-0.15, -0.1) is 0 Å². The number of nitrogens with zero attached hydrogens (tertiary/aromatic N) is 4. The Morgan fingerprint density at radius 2 is 2.00 bits per heavy atom. The molecular weight excluding hydrogens is 344 g/mol. The SMILES string of the molecule is Cc1noc(C)c1CCC(=O)N1CC[C@@H](c2noc(-c3ccccc3)n2)C1. The molecule has 1 fully saturated rings. The van der Waals surface area contributed by atoms with Crippen LogP contribution >= 0.6 is 0 Å². The minimum atomic E-state index is 0.120. The van der Waals surface area contributed by atoms with E-state index in [-0.39, 0.29) is 11.8 Å². The molecule has 7 nitrogen and oxygen atoms in total. The van der Waals surface area contributed by atoms with E-state index in [9.17, 15) is 4.79 Å². The molecule has 0 bridgehead atoms. The molecule has 0 unspecified atom stereocenters. The first-order valence-electron chi connectivity index (χ1n) is 9.20. The van der Waals surface area contributed by atoms with Gasteiger partial charge in [-0.05, 0) is 38.8 Å².